The fourth-order valence-electron chi connectivity index (χ4n) is 4.60. The van der Waals surface area contributed by atoms with E-state index in [1.165, 1.54) is 36.4 Å². The maximum atomic E-state index is 13.4. The molecule has 0 unspecified atom stereocenters. The molecule has 2 aliphatic rings. The molecule has 8 nitrogen and oxygen atoms in total. The highest BCUT2D eigenvalue weighted by Gasteiger charge is 2.29. The average Bonchev–Trinajstić information content (AvgIpc) is 2.84. The van der Waals surface area contributed by atoms with E-state index in [2.05, 4.69) is 17.1 Å². The number of nitro groups is 1. The van der Waals surface area contributed by atoms with Crippen LogP contribution in [0.5, 0.6) is 0 Å². The van der Waals surface area contributed by atoms with Gasteiger partial charge in [0.05, 0.1) is 16.2 Å². The highest BCUT2D eigenvalue weighted by Crippen LogP contribution is 2.31. The van der Waals surface area contributed by atoms with E-state index in [0.717, 1.165) is 31.6 Å². The zero-order valence-electron chi connectivity index (χ0n) is 19.2. The third-order valence-electron chi connectivity index (χ3n) is 6.77. The fraction of sp³-hybridized carbons (Fsp3) is 0.440. The SMILES string of the molecule is CC1CCN(c2ccc([N+](=O)[O-])cc2C(=O)N2CCC(NC(=O)c3ccc(F)cc3)CC2)CC1. The van der Waals surface area contributed by atoms with Crippen molar-refractivity contribution in [1.29, 1.82) is 0 Å². The quantitative estimate of drug-likeness (QED) is 0.529. The molecular formula is C25H29FN4O4. The maximum absolute atomic E-state index is 13.4. The van der Waals surface area contributed by atoms with E-state index >= 15 is 0 Å². The summed E-state index contributed by atoms with van der Waals surface area (Å²) in [5.74, 6) is -0.272. The molecule has 0 saturated carbocycles. The van der Waals surface area contributed by atoms with Crippen molar-refractivity contribution in [2.24, 2.45) is 5.92 Å². The van der Waals surface area contributed by atoms with Crippen molar-refractivity contribution in [3.05, 3.63) is 69.5 Å². The van der Waals surface area contributed by atoms with E-state index in [9.17, 15) is 24.1 Å². The molecule has 1 N–H and O–H groups in total. The van der Waals surface area contributed by atoms with Crippen LogP contribution in [0, 0.1) is 21.8 Å². The van der Waals surface area contributed by atoms with Crippen LogP contribution in [-0.2, 0) is 0 Å². The lowest BCUT2D eigenvalue weighted by atomic mass is 9.97. The molecule has 2 fully saturated rings. The first kappa shape index (κ1) is 23.7. The van der Waals surface area contributed by atoms with E-state index in [0.29, 0.717) is 43.0 Å². The smallest absolute Gasteiger partial charge is 0.270 e. The van der Waals surface area contributed by atoms with Crippen LogP contribution >= 0.6 is 0 Å². The Balaban J connectivity index is 1.43. The standard InChI is InChI=1S/C25H29FN4O4/c1-17-8-12-28(13-9-17)23-7-6-21(30(33)34)16-22(23)25(32)29-14-10-20(11-15-29)27-24(31)18-2-4-19(26)5-3-18/h2-7,16-17,20H,8-15H2,1H3,(H,27,31). The summed E-state index contributed by atoms with van der Waals surface area (Å²) < 4.78 is 13.1. The Kier molecular flexibility index (Phi) is 7.09. The summed E-state index contributed by atoms with van der Waals surface area (Å²) in [5, 5.41) is 14.3. The Labute approximate surface area is 197 Å². The molecule has 2 amide bonds. The second-order valence-corrected chi connectivity index (χ2v) is 9.17. The summed E-state index contributed by atoms with van der Waals surface area (Å²) in [7, 11) is 0. The van der Waals surface area contributed by atoms with Crippen molar-refractivity contribution in [2.45, 2.75) is 38.6 Å². The van der Waals surface area contributed by atoms with Gasteiger partial charge in [-0.25, -0.2) is 4.39 Å². The summed E-state index contributed by atoms with van der Waals surface area (Å²) in [5.41, 5.74) is 1.39. The summed E-state index contributed by atoms with van der Waals surface area (Å²) in [6.45, 7) is 4.71. The van der Waals surface area contributed by atoms with Gasteiger partial charge < -0.3 is 15.1 Å². The predicted molar refractivity (Wildman–Crippen MR) is 126 cm³/mol. The second kappa shape index (κ2) is 10.2. The highest BCUT2D eigenvalue weighted by molar-refractivity contribution is 6.00. The number of hydrogen-bond acceptors (Lipinski definition) is 5. The average molecular weight is 469 g/mol. The first-order chi connectivity index (χ1) is 16.3. The largest absolute Gasteiger partial charge is 0.371 e. The van der Waals surface area contributed by atoms with Crippen LogP contribution in [0.2, 0.25) is 0 Å². The molecule has 180 valence electrons. The van der Waals surface area contributed by atoms with Gasteiger partial charge in [0.15, 0.2) is 0 Å². The van der Waals surface area contributed by atoms with Crippen LogP contribution in [-0.4, -0.2) is 53.9 Å². The fourth-order valence-corrected chi connectivity index (χ4v) is 4.60. The van der Waals surface area contributed by atoms with Crippen LogP contribution < -0.4 is 10.2 Å². The number of amides is 2. The molecule has 0 spiro atoms. The molecule has 0 atom stereocenters. The number of piperidine rings is 2. The number of nitrogens with zero attached hydrogens (tertiary/aromatic N) is 3. The zero-order chi connectivity index (χ0) is 24.2. The summed E-state index contributed by atoms with van der Waals surface area (Å²) in [6.07, 6.45) is 3.18. The molecule has 0 aromatic heterocycles. The first-order valence-electron chi connectivity index (χ1n) is 11.7. The van der Waals surface area contributed by atoms with Crippen LogP contribution in [0.1, 0.15) is 53.3 Å². The predicted octanol–water partition coefficient (Wildman–Crippen LogP) is 4.00. The van der Waals surface area contributed by atoms with Crippen molar-refractivity contribution in [1.82, 2.24) is 10.2 Å². The summed E-state index contributed by atoms with van der Waals surface area (Å²) in [4.78, 5) is 40.6. The van der Waals surface area contributed by atoms with Crippen molar-refractivity contribution >= 4 is 23.2 Å². The lowest BCUT2D eigenvalue weighted by Gasteiger charge is -2.35. The number of hydrogen-bond donors (Lipinski definition) is 1. The van der Waals surface area contributed by atoms with E-state index in [-0.39, 0.29) is 23.5 Å². The number of anilines is 1. The lowest BCUT2D eigenvalue weighted by Crippen LogP contribution is -2.47. The summed E-state index contributed by atoms with van der Waals surface area (Å²) in [6, 6.07) is 9.81. The number of rotatable bonds is 5. The minimum atomic E-state index is -0.476. The Hall–Kier alpha value is -3.49. The van der Waals surface area contributed by atoms with Gasteiger partial charge in [0.25, 0.3) is 17.5 Å². The number of carbonyl (C=O) groups is 2. The highest BCUT2D eigenvalue weighted by atomic mass is 19.1. The molecule has 0 aliphatic carbocycles. The molecule has 0 radical (unpaired) electrons. The zero-order valence-corrected chi connectivity index (χ0v) is 19.2. The third-order valence-corrected chi connectivity index (χ3v) is 6.77. The van der Waals surface area contributed by atoms with Gasteiger partial charge in [0.2, 0.25) is 0 Å². The Morgan fingerprint density at radius 1 is 1.00 bits per heavy atom. The topological polar surface area (TPSA) is 95.8 Å². The van der Waals surface area contributed by atoms with Crippen molar-refractivity contribution in [3.63, 3.8) is 0 Å². The van der Waals surface area contributed by atoms with Crippen LogP contribution in [0.25, 0.3) is 0 Å². The number of nitro benzene ring substituents is 1. The second-order valence-electron chi connectivity index (χ2n) is 9.17. The molecule has 9 heteroatoms. The van der Waals surface area contributed by atoms with Gasteiger partial charge in [-0.3, -0.25) is 19.7 Å². The van der Waals surface area contributed by atoms with Crippen LogP contribution in [0.3, 0.4) is 0 Å². The molecule has 2 heterocycles. The van der Waals surface area contributed by atoms with Gasteiger partial charge in [-0.05, 0) is 61.9 Å². The van der Waals surface area contributed by atoms with Gasteiger partial charge in [-0.1, -0.05) is 6.92 Å². The van der Waals surface area contributed by atoms with E-state index in [4.69, 9.17) is 0 Å². The van der Waals surface area contributed by atoms with Crippen molar-refractivity contribution in [2.75, 3.05) is 31.1 Å². The minimum absolute atomic E-state index is 0.0982. The number of likely N-dealkylation sites (tertiary alicyclic amines) is 1. The summed E-state index contributed by atoms with van der Waals surface area (Å²) >= 11 is 0. The van der Waals surface area contributed by atoms with Crippen LogP contribution in [0.15, 0.2) is 42.5 Å². The number of benzene rings is 2. The minimum Gasteiger partial charge on any atom is -0.371 e. The molecule has 2 aromatic carbocycles. The Bertz CT molecular complexity index is 1060. The van der Waals surface area contributed by atoms with Gasteiger partial charge in [-0.2, -0.15) is 0 Å². The number of nitrogens with one attached hydrogen (secondary N) is 1. The molecule has 0 bridgehead atoms. The Morgan fingerprint density at radius 3 is 2.26 bits per heavy atom. The first-order valence-corrected chi connectivity index (χ1v) is 11.7. The number of halogens is 1. The molecule has 2 aliphatic heterocycles. The van der Waals surface area contributed by atoms with Crippen LogP contribution in [0.4, 0.5) is 15.8 Å². The van der Waals surface area contributed by atoms with Crippen molar-refractivity contribution in [3.8, 4) is 0 Å². The Morgan fingerprint density at radius 2 is 1.65 bits per heavy atom. The molecule has 4 rings (SSSR count). The maximum Gasteiger partial charge on any atom is 0.270 e. The van der Waals surface area contributed by atoms with Gasteiger partial charge in [-0.15, -0.1) is 0 Å². The molecule has 34 heavy (non-hydrogen) atoms. The van der Waals surface area contributed by atoms with E-state index in [1.807, 2.05) is 0 Å². The van der Waals surface area contributed by atoms with Gasteiger partial charge in [0, 0.05) is 49.9 Å². The van der Waals surface area contributed by atoms with Gasteiger partial charge in [0.1, 0.15) is 5.82 Å². The third kappa shape index (κ3) is 5.35. The van der Waals surface area contributed by atoms with E-state index in [1.54, 1.807) is 11.0 Å². The molecular weight excluding hydrogens is 439 g/mol. The van der Waals surface area contributed by atoms with E-state index < -0.39 is 10.7 Å². The van der Waals surface area contributed by atoms with Crippen molar-refractivity contribution < 1.29 is 18.9 Å². The lowest BCUT2D eigenvalue weighted by molar-refractivity contribution is -0.384. The number of carbonyl (C=O) groups excluding carboxylic acids is 2. The monoisotopic (exact) mass is 468 g/mol. The van der Waals surface area contributed by atoms with Gasteiger partial charge >= 0.3 is 0 Å². The molecule has 2 saturated heterocycles. The normalized spacial score (nSPS) is 17.5. The number of non-ortho nitro benzene ring substituents is 1. The molecule has 2 aromatic rings.